The van der Waals surface area contributed by atoms with Crippen molar-refractivity contribution in [3.8, 4) is 0 Å². The number of methoxy groups -OCH3 is 1. The van der Waals surface area contributed by atoms with Crippen LogP contribution in [0.4, 0.5) is 0 Å². The van der Waals surface area contributed by atoms with Crippen LogP contribution in [0.3, 0.4) is 0 Å². The molecule has 0 radical (unpaired) electrons. The van der Waals surface area contributed by atoms with Gasteiger partial charge in [0, 0.05) is 50.8 Å². The van der Waals surface area contributed by atoms with Gasteiger partial charge in [-0.25, -0.2) is 0 Å². The van der Waals surface area contributed by atoms with Crippen LogP contribution >= 0.6 is 11.8 Å². The summed E-state index contributed by atoms with van der Waals surface area (Å²) in [7, 11) is 1.76. The van der Waals surface area contributed by atoms with Gasteiger partial charge in [0.25, 0.3) is 0 Å². The van der Waals surface area contributed by atoms with Crippen LogP contribution in [0, 0.1) is 5.41 Å². The lowest BCUT2D eigenvalue weighted by Gasteiger charge is -2.29. The Bertz CT molecular complexity index is 300. The van der Waals surface area contributed by atoms with Crippen LogP contribution < -0.4 is 10.6 Å². The number of hydrogen-bond acceptors (Lipinski definition) is 4. The quantitative estimate of drug-likeness (QED) is 0.753. The largest absolute Gasteiger partial charge is 0.385 e. The number of amides is 1. The standard InChI is InChI=1S/C15H28N2O2S/c1-19-8-6-15(4-2-3-5-15)12-17-14(18)10-13-11-20-9-7-16-13/h13,16H,2-12H2,1H3,(H,17,18). The summed E-state index contributed by atoms with van der Waals surface area (Å²) >= 11 is 1.94. The molecule has 0 aromatic heterocycles. The molecule has 1 saturated heterocycles. The van der Waals surface area contributed by atoms with Crippen molar-refractivity contribution in [2.24, 2.45) is 5.41 Å². The summed E-state index contributed by atoms with van der Waals surface area (Å²) in [5.41, 5.74) is 0.292. The Labute approximate surface area is 126 Å². The van der Waals surface area contributed by atoms with Gasteiger partial charge in [0.1, 0.15) is 0 Å². The first kappa shape index (κ1) is 16.1. The third kappa shape index (κ3) is 4.93. The molecule has 0 aromatic carbocycles. The van der Waals surface area contributed by atoms with E-state index in [-0.39, 0.29) is 5.91 Å². The number of carbonyl (C=O) groups excluding carboxylic acids is 1. The fraction of sp³-hybridized carbons (Fsp3) is 0.933. The van der Waals surface area contributed by atoms with E-state index in [9.17, 15) is 4.79 Å². The first-order chi connectivity index (χ1) is 9.74. The molecular formula is C15H28N2O2S. The second-order valence-electron chi connectivity index (χ2n) is 6.16. The number of rotatable bonds is 7. The monoisotopic (exact) mass is 300 g/mol. The molecule has 1 atom stereocenters. The van der Waals surface area contributed by atoms with Gasteiger partial charge in [0.15, 0.2) is 0 Å². The zero-order valence-corrected chi connectivity index (χ0v) is 13.4. The zero-order chi connectivity index (χ0) is 14.3. The predicted octanol–water partition coefficient (Wildman–Crippen LogP) is 1.79. The Morgan fingerprint density at radius 2 is 2.25 bits per heavy atom. The minimum absolute atomic E-state index is 0.202. The first-order valence-corrected chi connectivity index (χ1v) is 8.96. The molecule has 2 rings (SSSR count). The molecule has 2 fully saturated rings. The van der Waals surface area contributed by atoms with Crippen molar-refractivity contribution >= 4 is 17.7 Å². The van der Waals surface area contributed by atoms with Gasteiger partial charge in [-0.3, -0.25) is 4.79 Å². The Morgan fingerprint density at radius 3 is 2.90 bits per heavy atom. The lowest BCUT2D eigenvalue weighted by molar-refractivity contribution is -0.122. The van der Waals surface area contributed by atoms with Crippen molar-refractivity contribution in [2.45, 2.75) is 44.6 Å². The summed E-state index contributed by atoms with van der Waals surface area (Å²) in [4.78, 5) is 12.1. The van der Waals surface area contributed by atoms with Crippen molar-refractivity contribution in [1.82, 2.24) is 10.6 Å². The van der Waals surface area contributed by atoms with Crippen LogP contribution in [-0.2, 0) is 9.53 Å². The van der Waals surface area contributed by atoms with Crippen molar-refractivity contribution in [3.05, 3.63) is 0 Å². The molecule has 0 bridgehead atoms. The average molecular weight is 300 g/mol. The van der Waals surface area contributed by atoms with Gasteiger partial charge in [0.05, 0.1) is 0 Å². The molecule has 4 nitrogen and oxygen atoms in total. The van der Waals surface area contributed by atoms with Crippen molar-refractivity contribution < 1.29 is 9.53 Å². The van der Waals surface area contributed by atoms with E-state index in [4.69, 9.17) is 4.74 Å². The van der Waals surface area contributed by atoms with E-state index in [1.807, 2.05) is 11.8 Å². The molecule has 0 aromatic rings. The maximum Gasteiger partial charge on any atom is 0.221 e. The number of hydrogen-bond donors (Lipinski definition) is 2. The van der Waals surface area contributed by atoms with Gasteiger partial charge < -0.3 is 15.4 Å². The molecule has 1 amide bonds. The molecule has 1 aliphatic heterocycles. The van der Waals surface area contributed by atoms with Crippen LogP contribution in [0.15, 0.2) is 0 Å². The van der Waals surface area contributed by atoms with Crippen LogP contribution in [0.1, 0.15) is 38.5 Å². The van der Waals surface area contributed by atoms with E-state index in [0.29, 0.717) is 17.9 Å². The van der Waals surface area contributed by atoms with E-state index in [0.717, 1.165) is 37.6 Å². The lowest BCUT2D eigenvalue weighted by Crippen LogP contribution is -2.43. The molecule has 1 unspecified atom stereocenters. The highest BCUT2D eigenvalue weighted by atomic mass is 32.2. The van der Waals surface area contributed by atoms with Crippen LogP contribution in [-0.4, -0.2) is 50.3 Å². The Balaban J connectivity index is 1.72. The summed E-state index contributed by atoms with van der Waals surface area (Å²) in [5, 5.41) is 6.60. The molecule has 20 heavy (non-hydrogen) atoms. The Kier molecular flexibility index (Phi) is 6.65. The highest BCUT2D eigenvalue weighted by molar-refractivity contribution is 7.99. The van der Waals surface area contributed by atoms with Crippen LogP contribution in [0.2, 0.25) is 0 Å². The van der Waals surface area contributed by atoms with Gasteiger partial charge in [-0.1, -0.05) is 12.8 Å². The van der Waals surface area contributed by atoms with E-state index in [2.05, 4.69) is 10.6 Å². The molecule has 1 aliphatic carbocycles. The first-order valence-electron chi connectivity index (χ1n) is 7.81. The molecule has 1 heterocycles. The number of ether oxygens (including phenoxy) is 1. The Hall–Kier alpha value is -0.260. The smallest absolute Gasteiger partial charge is 0.221 e. The van der Waals surface area contributed by atoms with Crippen molar-refractivity contribution in [1.29, 1.82) is 0 Å². The molecule has 2 N–H and O–H groups in total. The number of nitrogens with one attached hydrogen (secondary N) is 2. The molecule has 1 saturated carbocycles. The Morgan fingerprint density at radius 1 is 1.45 bits per heavy atom. The minimum Gasteiger partial charge on any atom is -0.385 e. The summed E-state index contributed by atoms with van der Waals surface area (Å²) in [5.74, 6) is 2.43. The maximum absolute atomic E-state index is 12.1. The minimum atomic E-state index is 0.202. The van der Waals surface area contributed by atoms with Crippen molar-refractivity contribution in [2.75, 3.05) is 38.3 Å². The van der Waals surface area contributed by atoms with Crippen LogP contribution in [0.25, 0.3) is 0 Å². The van der Waals surface area contributed by atoms with Gasteiger partial charge in [-0.05, 0) is 24.7 Å². The molecule has 5 heteroatoms. The highest BCUT2D eigenvalue weighted by Crippen LogP contribution is 2.40. The second kappa shape index (κ2) is 8.25. The molecule has 116 valence electrons. The van der Waals surface area contributed by atoms with Gasteiger partial charge in [0.2, 0.25) is 5.91 Å². The van der Waals surface area contributed by atoms with E-state index >= 15 is 0 Å². The highest BCUT2D eigenvalue weighted by Gasteiger charge is 2.33. The summed E-state index contributed by atoms with van der Waals surface area (Å²) < 4.78 is 5.23. The lowest BCUT2D eigenvalue weighted by atomic mass is 9.83. The number of carbonyl (C=O) groups is 1. The van der Waals surface area contributed by atoms with Crippen LogP contribution in [0.5, 0.6) is 0 Å². The van der Waals surface area contributed by atoms with E-state index in [1.54, 1.807) is 7.11 Å². The fourth-order valence-corrected chi connectivity index (χ4v) is 4.24. The van der Waals surface area contributed by atoms with Gasteiger partial charge in [-0.15, -0.1) is 0 Å². The van der Waals surface area contributed by atoms with E-state index in [1.165, 1.54) is 25.7 Å². The fourth-order valence-electron chi connectivity index (χ4n) is 3.29. The average Bonchev–Trinajstić information content (AvgIpc) is 2.94. The predicted molar refractivity (Wildman–Crippen MR) is 84.1 cm³/mol. The maximum atomic E-state index is 12.1. The van der Waals surface area contributed by atoms with Crippen molar-refractivity contribution in [3.63, 3.8) is 0 Å². The van der Waals surface area contributed by atoms with E-state index < -0.39 is 0 Å². The third-order valence-electron chi connectivity index (χ3n) is 4.59. The van der Waals surface area contributed by atoms with Gasteiger partial charge >= 0.3 is 0 Å². The third-order valence-corrected chi connectivity index (χ3v) is 5.72. The zero-order valence-electron chi connectivity index (χ0n) is 12.6. The number of thioether (sulfide) groups is 1. The SMILES string of the molecule is COCCC1(CNC(=O)CC2CSCCN2)CCCC1. The molecule has 0 spiro atoms. The molecular weight excluding hydrogens is 272 g/mol. The summed E-state index contributed by atoms with van der Waals surface area (Å²) in [6.45, 7) is 2.66. The summed E-state index contributed by atoms with van der Waals surface area (Å²) in [6.07, 6.45) is 6.73. The summed E-state index contributed by atoms with van der Waals surface area (Å²) in [6, 6.07) is 0.354. The second-order valence-corrected chi connectivity index (χ2v) is 7.31. The normalized spacial score (nSPS) is 25.6. The van der Waals surface area contributed by atoms with Gasteiger partial charge in [-0.2, -0.15) is 11.8 Å². The topological polar surface area (TPSA) is 50.4 Å². The molecule has 2 aliphatic rings.